The van der Waals surface area contributed by atoms with Crippen molar-refractivity contribution in [1.82, 2.24) is 10.6 Å². The number of hydrogen-bond donors (Lipinski definition) is 3. The average Bonchev–Trinajstić information content (AvgIpc) is 2.80. The van der Waals surface area contributed by atoms with Crippen molar-refractivity contribution in [3.63, 3.8) is 0 Å². The average molecular weight is 310 g/mol. The van der Waals surface area contributed by atoms with E-state index in [-0.39, 0.29) is 18.6 Å². The topological polar surface area (TPSA) is 78.4 Å². The number of aliphatic hydroxyl groups is 1. The van der Waals surface area contributed by atoms with Crippen molar-refractivity contribution in [2.45, 2.75) is 32.4 Å². The van der Waals surface area contributed by atoms with Crippen molar-refractivity contribution >= 4 is 16.8 Å². The Morgan fingerprint density at radius 1 is 1.38 bits per heavy atom. The highest BCUT2D eigenvalue weighted by Gasteiger charge is 2.22. The number of rotatable bonds is 4. The SMILES string of the molecule is Cc1cc(C)cc([C@H](O)CNC(=O)N[C@H]2CC[S@](=O)C2)c1. The number of amides is 2. The number of benzene rings is 1. The molecule has 0 aromatic heterocycles. The zero-order chi connectivity index (χ0) is 15.4. The maximum atomic E-state index is 11.7. The zero-order valence-electron chi connectivity index (χ0n) is 12.4. The van der Waals surface area contributed by atoms with Crippen LogP contribution in [0.2, 0.25) is 0 Å². The van der Waals surface area contributed by atoms with Crippen LogP contribution in [0.3, 0.4) is 0 Å². The van der Waals surface area contributed by atoms with Gasteiger partial charge in [0, 0.05) is 34.9 Å². The molecule has 2 amide bonds. The Morgan fingerprint density at radius 3 is 2.62 bits per heavy atom. The van der Waals surface area contributed by atoms with Gasteiger partial charge in [-0.3, -0.25) is 4.21 Å². The summed E-state index contributed by atoms with van der Waals surface area (Å²) in [5.41, 5.74) is 2.97. The second-order valence-electron chi connectivity index (χ2n) is 5.59. The van der Waals surface area contributed by atoms with Crippen LogP contribution >= 0.6 is 0 Å². The fraction of sp³-hybridized carbons (Fsp3) is 0.533. The minimum Gasteiger partial charge on any atom is -0.387 e. The molecule has 0 bridgehead atoms. The third-order valence-corrected chi connectivity index (χ3v) is 4.97. The number of hydrogen-bond acceptors (Lipinski definition) is 3. The Balaban J connectivity index is 1.81. The minimum atomic E-state index is -0.809. The molecule has 1 saturated heterocycles. The normalized spacial score (nSPS) is 22.8. The molecular weight excluding hydrogens is 288 g/mol. The van der Waals surface area contributed by atoms with Gasteiger partial charge in [0.25, 0.3) is 0 Å². The molecule has 3 N–H and O–H groups in total. The summed E-state index contributed by atoms with van der Waals surface area (Å²) in [7, 11) is -0.809. The summed E-state index contributed by atoms with van der Waals surface area (Å²) in [4.78, 5) is 11.7. The van der Waals surface area contributed by atoms with Crippen molar-refractivity contribution in [2.24, 2.45) is 0 Å². The molecule has 2 rings (SSSR count). The third kappa shape index (κ3) is 4.82. The Morgan fingerprint density at radius 2 is 2.05 bits per heavy atom. The van der Waals surface area contributed by atoms with Gasteiger partial charge in [-0.25, -0.2) is 4.79 Å². The van der Waals surface area contributed by atoms with Gasteiger partial charge in [0.05, 0.1) is 6.10 Å². The van der Waals surface area contributed by atoms with Crippen molar-refractivity contribution in [3.8, 4) is 0 Å². The van der Waals surface area contributed by atoms with E-state index < -0.39 is 16.9 Å². The van der Waals surface area contributed by atoms with Gasteiger partial charge < -0.3 is 15.7 Å². The van der Waals surface area contributed by atoms with E-state index in [1.54, 1.807) is 0 Å². The predicted molar refractivity (Wildman–Crippen MR) is 83.7 cm³/mol. The lowest BCUT2D eigenvalue weighted by Crippen LogP contribution is -2.43. The fourth-order valence-electron chi connectivity index (χ4n) is 2.52. The van der Waals surface area contributed by atoms with E-state index in [2.05, 4.69) is 10.6 Å². The molecule has 0 aliphatic carbocycles. The van der Waals surface area contributed by atoms with Crippen LogP contribution in [0.4, 0.5) is 4.79 Å². The van der Waals surface area contributed by atoms with Gasteiger partial charge in [-0.1, -0.05) is 29.3 Å². The van der Waals surface area contributed by atoms with Gasteiger partial charge in [-0.2, -0.15) is 0 Å². The van der Waals surface area contributed by atoms with Crippen molar-refractivity contribution in [2.75, 3.05) is 18.1 Å². The first kappa shape index (κ1) is 16.0. The lowest BCUT2D eigenvalue weighted by molar-refractivity contribution is 0.172. The van der Waals surface area contributed by atoms with E-state index in [0.717, 1.165) is 23.1 Å². The van der Waals surface area contributed by atoms with E-state index in [9.17, 15) is 14.1 Å². The largest absolute Gasteiger partial charge is 0.387 e. The Labute approximate surface area is 127 Å². The summed E-state index contributed by atoms with van der Waals surface area (Å²) in [5, 5.41) is 15.6. The summed E-state index contributed by atoms with van der Waals surface area (Å²) in [6, 6.07) is 5.53. The maximum absolute atomic E-state index is 11.7. The molecule has 0 unspecified atom stereocenters. The molecule has 1 aromatic carbocycles. The summed E-state index contributed by atoms with van der Waals surface area (Å²) in [6.45, 7) is 4.11. The Kier molecular flexibility index (Phi) is 5.36. The summed E-state index contributed by atoms with van der Waals surface area (Å²) in [5.74, 6) is 1.17. The molecule has 3 atom stereocenters. The molecule has 0 radical (unpaired) electrons. The first-order valence-electron chi connectivity index (χ1n) is 7.09. The van der Waals surface area contributed by atoms with Crippen LogP contribution in [-0.2, 0) is 10.8 Å². The zero-order valence-corrected chi connectivity index (χ0v) is 13.2. The van der Waals surface area contributed by atoms with E-state index in [1.807, 2.05) is 32.0 Å². The summed E-state index contributed by atoms with van der Waals surface area (Å²) in [6.07, 6.45) is 0.0201. The molecule has 116 valence electrons. The van der Waals surface area contributed by atoms with E-state index in [1.165, 1.54) is 0 Å². The fourth-order valence-corrected chi connectivity index (χ4v) is 3.94. The lowest BCUT2D eigenvalue weighted by Gasteiger charge is -2.16. The van der Waals surface area contributed by atoms with Gasteiger partial charge in [0.2, 0.25) is 0 Å². The molecule has 6 heteroatoms. The summed E-state index contributed by atoms with van der Waals surface area (Å²) < 4.78 is 11.2. The second kappa shape index (κ2) is 7.04. The highest BCUT2D eigenvalue weighted by Crippen LogP contribution is 2.16. The quantitative estimate of drug-likeness (QED) is 0.781. The first-order valence-corrected chi connectivity index (χ1v) is 8.58. The number of carbonyl (C=O) groups excluding carboxylic acids is 1. The molecule has 0 spiro atoms. The first-order chi connectivity index (χ1) is 9.94. The monoisotopic (exact) mass is 310 g/mol. The minimum absolute atomic E-state index is 0.0239. The van der Waals surface area contributed by atoms with Crippen LogP contribution in [0, 0.1) is 13.8 Å². The molecule has 1 heterocycles. The van der Waals surface area contributed by atoms with Gasteiger partial charge in [-0.05, 0) is 25.8 Å². The summed E-state index contributed by atoms with van der Waals surface area (Å²) >= 11 is 0. The molecule has 5 nitrogen and oxygen atoms in total. The number of carbonyl (C=O) groups is 1. The molecule has 1 fully saturated rings. The third-order valence-electron chi connectivity index (χ3n) is 3.50. The van der Waals surface area contributed by atoms with Crippen LogP contribution in [0.1, 0.15) is 29.2 Å². The van der Waals surface area contributed by atoms with Crippen LogP contribution in [0.25, 0.3) is 0 Å². The molecule has 1 aromatic rings. The number of aliphatic hydroxyl groups excluding tert-OH is 1. The van der Waals surface area contributed by atoms with E-state index >= 15 is 0 Å². The van der Waals surface area contributed by atoms with Crippen LogP contribution < -0.4 is 10.6 Å². The van der Waals surface area contributed by atoms with Crippen molar-refractivity contribution in [1.29, 1.82) is 0 Å². The van der Waals surface area contributed by atoms with Gasteiger partial charge in [-0.15, -0.1) is 0 Å². The molecule has 1 aliphatic heterocycles. The number of nitrogens with one attached hydrogen (secondary N) is 2. The number of urea groups is 1. The van der Waals surface area contributed by atoms with Gasteiger partial charge in [0.15, 0.2) is 0 Å². The standard InChI is InChI=1S/C15H22N2O3S/c1-10-5-11(2)7-12(6-10)14(18)8-16-15(19)17-13-3-4-21(20)9-13/h5-7,13-14,18H,3-4,8-9H2,1-2H3,(H2,16,17,19)/t13-,14+,21-/m0/s1. The molecular formula is C15H22N2O3S. The van der Waals surface area contributed by atoms with Crippen molar-refractivity contribution < 1.29 is 14.1 Å². The molecule has 1 aliphatic rings. The Bertz CT molecular complexity index is 527. The Hall–Kier alpha value is -1.40. The molecule has 21 heavy (non-hydrogen) atoms. The van der Waals surface area contributed by atoms with Crippen molar-refractivity contribution in [3.05, 3.63) is 34.9 Å². The van der Waals surface area contributed by atoms with Crippen LogP contribution in [-0.4, -0.2) is 39.4 Å². The van der Waals surface area contributed by atoms with Gasteiger partial charge in [0.1, 0.15) is 0 Å². The highest BCUT2D eigenvalue weighted by atomic mass is 32.2. The molecule has 0 saturated carbocycles. The van der Waals surface area contributed by atoms with E-state index in [0.29, 0.717) is 11.5 Å². The van der Waals surface area contributed by atoms with Crippen LogP contribution in [0.15, 0.2) is 18.2 Å². The van der Waals surface area contributed by atoms with Gasteiger partial charge >= 0.3 is 6.03 Å². The smallest absolute Gasteiger partial charge is 0.315 e. The highest BCUT2D eigenvalue weighted by molar-refractivity contribution is 7.85. The maximum Gasteiger partial charge on any atom is 0.315 e. The second-order valence-corrected chi connectivity index (χ2v) is 7.21. The number of aryl methyl sites for hydroxylation is 2. The van der Waals surface area contributed by atoms with Crippen LogP contribution in [0.5, 0.6) is 0 Å². The lowest BCUT2D eigenvalue weighted by atomic mass is 10.0. The predicted octanol–water partition coefficient (Wildman–Crippen LogP) is 1.16. The van der Waals surface area contributed by atoms with E-state index in [4.69, 9.17) is 0 Å².